The maximum Gasteiger partial charge on any atom is 0.317 e. The lowest BCUT2D eigenvalue weighted by molar-refractivity contribution is 0.200. The van der Waals surface area contributed by atoms with Crippen LogP contribution in [0.2, 0.25) is 0 Å². The van der Waals surface area contributed by atoms with Gasteiger partial charge >= 0.3 is 6.03 Å². The molecule has 1 aliphatic rings. The molecule has 0 spiro atoms. The first-order chi connectivity index (χ1) is 13.0. The number of aliphatic hydroxyl groups excluding tert-OH is 1. The minimum Gasteiger partial charge on any atom is -0.491 e. The number of carbonyl (C=O) groups is 1. The number of carbonyl (C=O) groups excluding carboxylic acids is 1. The molecule has 146 valence electrons. The van der Waals surface area contributed by atoms with Crippen molar-refractivity contribution in [2.24, 2.45) is 0 Å². The number of amides is 2. The first-order valence-electron chi connectivity index (χ1n) is 9.11. The van der Waals surface area contributed by atoms with Crippen molar-refractivity contribution in [3.8, 4) is 5.75 Å². The molecule has 0 radical (unpaired) electrons. The van der Waals surface area contributed by atoms with E-state index in [0.717, 1.165) is 37.6 Å². The van der Waals surface area contributed by atoms with Crippen LogP contribution in [0.3, 0.4) is 0 Å². The van der Waals surface area contributed by atoms with E-state index in [-0.39, 0.29) is 12.6 Å². The second kappa shape index (κ2) is 8.88. The summed E-state index contributed by atoms with van der Waals surface area (Å²) in [4.78, 5) is 15.5. The zero-order valence-electron chi connectivity index (χ0n) is 15.9. The highest BCUT2D eigenvalue weighted by Crippen LogP contribution is 2.18. The Kier molecular flexibility index (Phi) is 6.31. The van der Waals surface area contributed by atoms with Gasteiger partial charge in [0.05, 0.1) is 31.1 Å². The Labute approximate surface area is 159 Å². The lowest BCUT2D eigenvalue weighted by atomic mass is 10.2. The van der Waals surface area contributed by atoms with Crippen LogP contribution in [0.25, 0.3) is 0 Å². The number of nitrogens with one attached hydrogen (secondary N) is 1. The van der Waals surface area contributed by atoms with Gasteiger partial charge in [0, 0.05) is 33.7 Å². The number of rotatable bonds is 7. The van der Waals surface area contributed by atoms with Crippen LogP contribution in [0.5, 0.6) is 5.75 Å². The van der Waals surface area contributed by atoms with E-state index in [2.05, 4.69) is 33.5 Å². The van der Waals surface area contributed by atoms with Crippen molar-refractivity contribution in [1.82, 2.24) is 24.9 Å². The summed E-state index contributed by atoms with van der Waals surface area (Å²) in [5, 5.41) is 16.2. The summed E-state index contributed by atoms with van der Waals surface area (Å²) in [6.07, 6.45) is 0. The molecule has 0 fully saturated rings. The summed E-state index contributed by atoms with van der Waals surface area (Å²) >= 11 is 0. The van der Waals surface area contributed by atoms with Crippen molar-refractivity contribution in [2.45, 2.75) is 26.2 Å². The van der Waals surface area contributed by atoms with Gasteiger partial charge in [-0.15, -0.1) is 0 Å². The second-order valence-electron chi connectivity index (χ2n) is 6.83. The quantitative estimate of drug-likeness (QED) is 0.758. The molecule has 0 saturated carbocycles. The van der Waals surface area contributed by atoms with E-state index in [1.54, 1.807) is 14.1 Å². The van der Waals surface area contributed by atoms with E-state index in [4.69, 9.17) is 9.84 Å². The number of aromatic nitrogens is 2. The fourth-order valence-corrected chi connectivity index (χ4v) is 3.04. The van der Waals surface area contributed by atoms with E-state index in [1.807, 2.05) is 16.8 Å². The normalized spacial score (nSPS) is 13.9. The minimum absolute atomic E-state index is 0.0179. The number of aliphatic hydroxyl groups is 1. The molecule has 0 atom stereocenters. The van der Waals surface area contributed by atoms with Crippen molar-refractivity contribution < 1.29 is 14.6 Å². The molecule has 3 rings (SSSR count). The molecular formula is C19H27N5O3. The summed E-state index contributed by atoms with van der Waals surface area (Å²) in [5.41, 5.74) is 3.27. The number of hydrogen-bond acceptors (Lipinski definition) is 5. The van der Waals surface area contributed by atoms with Gasteiger partial charge in [0.25, 0.3) is 0 Å². The first kappa shape index (κ1) is 19.2. The molecule has 8 nitrogen and oxygen atoms in total. The third kappa shape index (κ3) is 5.21. The largest absolute Gasteiger partial charge is 0.491 e. The maximum atomic E-state index is 11.6. The molecule has 2 amide bonds. The molecule has 2 N–H and O–H groups in total. The minimum atomic E-state index is -0.117. The molecule has 2 aromatic rings. The van der Waals surface area contributed by atoms with Gasteiger partial charge in [-0.1, -0.05) is 12.1 Å². The summed E-state index contributed by atoms with van der Waals surface area (Å²) in [5.74, 6) is 0.772. The highest BCUT2D eigenvalue weighted by Gasteiger charge is 2.19. The van der Waals surface area contributed by atoms with Crippen LogP contribution in [-0.2, 0) is 26.2 Å². The van der Waals surface area contributed by atoms with Crippen molar-refractivity contribution in [2.75, 3.05) is 33.9 Å². The average Bonchev–Trinajstić information content (AvgIpc) is 3.07. The summed E-state index contributed by atoms with van der Waals surface area (Å²) < 4.78 is 7.42. The van der Waals surface area contributed by atoms with Crippen LogP contribution in [0, 0.1) is 0 Å². The van der Waals surface area contributed by atoms with Crippen LogP contribution in [0.15, 0.2) is 30.3 Å². The summed E-state index contributed by atoms with van der Waals surface area (Å²) in [6, 6.07) is 9.93. The van der Waals surface area contributed by atoms with E-state index in [9.17, 15) is 4.79 Å². The van der Waals surface area contributed by atoms with Gasteiger partial charge in [-0.3, -0.25) is 9.58 Å². The maximum absolute atomic E-state index is 11.6. The molecule has 0 unspecified atom stereocenters. The number of benzene rings is 1. The smallest absolute Gasteiger partial charge is 0.317 e. The second-order valence-corrected chi connectivity index (χ2v) is 6.83. The van der Waals surface area contributed by atoms with Crippen molar-refractivity contribution >= 4 is 6.03 Å². The molecule has 27 heavy (non-hydrogen) atoms. The Morgan fingerprint density at radius 3 is 2.78 bits per heavy atom. The fourth-order valence-electron chi connectivity index (χ4n) is 3.04. The third-order valence-corrected chi connectivity index (χ3v) is 4.44. The Morgan fingerprint density at radius 2 is 2.07 bits per heavy atom. The molecule has 1 aliphatic heterocycles. The average molecular weight is 373 g/mol. The van der Waals surface area contributed by atoms with Crippen LogP contribution in [0.4, 0.5) is 4.79 Å². The van der Waals surface area contributed by atoms with Gasteiger partial charge in [0.1, 0.15) is 12.4 Å². The van der Waals surface area contributed by atoms with Crippen LogP contribution >= 0.6 is 0 Å². The van der Waals surface area contributed by atoms with Crippen LogP contribution in [0.1, 0.15) is 17.0 Å². The topological polar surface area (TPSA) is 82.9 Å². The lowest BCUT2D eigenvalue weighted by Crippen LogP contribution is -2.34. The number of fused-ring (bicyclic) bond motifs is 1. The van der Waals surface area contributed by atoms with Crippen molar-refractivity contribution in [3.63, 3.8) is 0 Å². The predicted octanol–water partition coefficient (Wildman–Crippen LogP) is 1.04. The Morgan fingerprint density at radius 1 is 1.30 bits per heavy atom. The molecule has 0 saturated heterocycles. The number of ether oxygens (including phenoxy) is 1. The summed E-state index contributed by atoms with van der Waals surface area (Å²) in [7, 11) is 3.44. The van der Waals surface area contributed by atoms with Gasteiger partial charge in [-0.25, -0.2) is 4.79 Å². The SMILES string of the molecule is CN(C)C(=O)NCc1cc2n(n1)CCN(Cc1ccc(OCCO)cc1)C2. The molecule has 0 aliphatic carbocycles. The van der Waals surface area contributed by atoms with Gasteiger partial charge in [-0.2, -0.15) is 5.10 Å². The Balaban J connectivity index is 1.54. The monoisotopic (exact) mass is 373 g/mol. The van der Waals surface area contributed by atoms with E-state index in [1.165, 1.54) is 16.2 Å². The Hall–Kier alpha value is -2.58. The van der Waals surface area contributed by atoms with Crippen LogP contribution in [-0.4, -0.2) is 64.6 Å². The molecular weight excluding hydrogens is 346 g/mol. The molecule has 8 heteroatoms. The van der Waals surface area contributed by atoms with Crippen LogP contribution < -0.4 is 10.1 Å². The number of urea groups is 1. The summed E-state index contributed by atoms with van der Waals surface area (Å²) in [6.45, 7) is 4.23. The standard InChI is InChI=1S/C19H27N5O3/c1-22(2)19(26)20-12-16-11-17-14-23(7-8-24(17)21-16)13-15-3-5-18(6-4-15)27-10-9-25/h3-6,11,25H,7-10,12-14H2,1-2H3,(H,20,26). The zero-order valence-corrected chi connectivity index (χ0v) is 15.9. The number of nitrogens with zero attached hydrogens (tertiary/aromatic N) is 4. The predicted molar refractivity (Wildman–Crippen MR) is 101 cm³/mol. The van der Waals surface area contributed by atoms with E-state index in [0.29, 0.717) is 13.2 Å². The highest BCUT2D eigenvalue weighted by atomic mass is 16.5. The molecule has 2 heterocycles. The Bertz CT molecular complexity index is 757. The van der Waals surface area contributed by atoms with Gasteiger partial charge in [-0.05, 0) is 23.8 Å². The van der Waals surface area contributed by atoms with E-state index < -0.39 is 0 Å². The number of hydrogen-bond donors (Lipinski definition) is 2. The fraction of sp³-hybridized carbons (Fsp3) is 0.474. The first-order valence-corrected chi connectivity index (χ1v) is 9.11. The van der Waals surface area contributed by atoms with Crippen molar-refractivity contribution in [1.29, 1.82) is 0 Å². The van der Waals surface area contributed by atoms with E-state index >= 15 is 0 Å². The highest BCUT2D eigenvalue weighted by molar-refractivity contribution is 5.73. The molecule has 1 aromatic carbocycles. The van der Waals surface area contributed by atoms with Crippen molar-refractivity contribution in [3.05, 3.63) is 47.3 Å². The zero-order chi connectivity index (χ0) is 19.2. The third-order valence-electron chi connectivity index (χ3n) is 4.44. The molecule has 0 bridgehead atoms. The van der Waals surface area contributed by atoms with Gasteiger partial charge < -0.3 is 20.1 Å². The van der Waals surface area contributed by atoms with Gasteiger partial charge in [0.15, 0.2) is 0 Å². The molecule has 1 aromatic heterocycles. The van der Waals surface area contributed by atoms with Gasteiger partial charge in [0.2, 0.25) is 0 Å². The lowest BCUT2D eigenvalue weighted by Gasteiger charge is -2.27.